The minimum Gasteiger partial charge on any atom is -0.459 e. The van der Waals surface area contributed by atoms with E-state index in [0.29, 0.717) is 22.7 Å². The van der Waals surface area contributed by atoms with E-state index in [9.17, 15) is 4.79 Å². The number of thiazole rings is 1. The molecule has 0 aromatic carbocycles. The van der Waals surface area contributed by atoms with Gasteiger partial charge in [0, 0.05) is 13.1 Å². The molecule has 166 valence electrons. The summed E-state index contributed by atoms with van der Waals surface area (Å²) in [5.41, 5.74) is 1.75. The topological polar surface area (TPSA) is 110 Å². The maximum atomic E-state index is 13.3. The van der Waals surface area contributed by atoms with Gasteiger partial charge in [-0.2, -0.15) is 4.98 Å². The van der Waals surface area contributed by atoms with Crippen LogP contribution in [0.15, 0.2) is 50.8 Å². The summed E-state index contributed by atoms with van der Waals surface area (Å²) in [6.45, 7) is 1.94. The molecule has 0 spiro atoms. The second kappa shape index (κ2) is 8.41. The molecule has 33 heavy (non-hydrogen) atoms. The first-order valence-corrected chi connectivity index (χ1v) is 12.2. The molecule has 5 aromatic rings. The first-order valence-electron chi connectivity index (χ1n) is 10.5. The van der Waals surface area contributed by atoms with E-state index in [1.807, 2.05) is 17.5 Å². The highest BCUT2D eigenvalue weighted by Crippen LogP contribution is 2.35. The van der Waals surface area contributed by atoms with Crippen molar-refractivity contribution in [3.05, 3.63) is 47.5 Å². The first-order chi connectivity index (χ1) is 16.2. The van der Waals surface area contributed by atoms with Crippen LogP contribution in [0, 0.1) is 0 Å². The number of nitrogens with zero attached hydrogens (tertiary/aromatic N) is 5. The predicted molar refractivity (Wildman–Crippen MR) is 127 cm³/mol. The Morgan fingerprint density at radius 1 is 1.09 bits per heavy atom. The molecule has 11 heteroatoms. The molecule has 1 amide bonds. The van der Waals surface area contributed by atoms with Crippen molar-refractivity contribution >= 4 is 50.1 Å². The number of carbonyl (C=O) groups excluding carboxylic acids is 1. The van der Waals surface area contributed by atoms with Crippen molar-refractivity contribution in [3.63, 3.8) is 0 Å². The Labute approximate surface area is 196 Å². The molecule has 1 N–H and O–H groups in total. The van der Waals surface area contributed by atoms with Crippen LogP contribution in [-0.2, 0) is 0 Å². The summed E-state index contributed by atoms with van der Waals surface area (Å²) >= 11 is 3.06. The third-order valence-corrected chi connectivity index (χ3v) is 7.40. The van der Waals surface area contributed by atoms with Gasteiger partial charge in [-0.05, 0) is 48.9 Å². The maximum Gasteiger partial charge on any atom is 0.322 e. The number of anilines is 2. The normalized spacial score (nSPS) is 14.1. The largest absolute Gasteiger partial charge is 0.459 e. The van der Waals surface area contributed by atoms with Gasteiger partial charge in [0.05, 0.1) is 27.1 Å². The summed E-state index contributed by atoms with van der Waals surface area (Å²) < 4.78 is 11.6. The highest BCUT2D eigenvalue weighted by molar-refractivity contribution is 7.22. The third kappa shape index (κ3) is 3.89. The molecule has 9 nitrogen and oxygen atoms in total. The Morgan fingerprint density at radius 3 is 2.79 bits per heavy atom. The quantitative estimate of drug-likeness (QED) is 0.362. The molecule has 1 aliphatic rings. The number of piperidine rings is 1. The fourth-order valence-electron chi connectivity index (χ4n) is 3.78. The van der Waals surface area contributed by atoms with Gasteiger partial charge in [0.1, 0.15) is 0 Å². The molecule has 0 bridgehead atoms. The standard InChI is InChI=1S/C22H18N6O3S2/c29-19(25-21-27-26-20(31-21)15-6-4-10-30-15)13-12-14(16-7-5-11-32-16)23-18-17(13)33-22(24-18)28-8-2-1-3-9-28/h4-7,10-12H,1-3,8-9H2,(H,25,27,29). The molecule has 0 unspecified atom stereocenters. The number of thiophene rings is 1. The summed E-state index contributed by atoms with van der Waals surface area (Å²) in [5, 5.41) is 13.5. The van der Waals surface area contributed by atoms with Crippen LogP contribution in [0.3, 0.4) is 0 Å². The van der Waals surface area contributed by atoms with Crippen molar-refractivity contribution in [2.45, 2.75) is 19.3 Å². The number of carbonyl (C=O) groups is 1. The molecular weight excluding hydrogens is 460 g/mol. The molecule has 0 radical (unpaired) electrons. The molecule has 5 aromatic heterocycles. The van der Waals surface area contributed by atoms with E-state index in [4.69, 9.17) is 18.8 Å². The van der Waals surface area contributed by atoms with Gasteiger partial charge in [-0.3, -0.25) is 10.1 Å². The zero-order valence-corrected chi connectivity index (χ0v) is 19.0. The Morgan fingerprint density at radius 2 is 2.00 bits per heavy atom. The minimum atomic E-state index is -0.358. The van der Waals surface area contributed by atoms with Crippen LogP contribution >= 0.6 is 22.7 Å². The molecule has 1 fully saturated rings. The van der Waals surface area contributed by atoms with Crippen LogP contribution < -0.4 is 10.2 Å². The summed E-state index contributed by atoms with van der Waals surface area (Å²) in [7, 11) is 0. The third-order valence-electron chi connectivity index (χ3n) is 5.37. The van der Waals surface area contributed by atoms with Crippen LogP contribution in [0.25, 0.3) is 32.6 Å². The zero-order chi connectivity index (χ0) is 22.2. The lowest BCUT2D eigenvalue weighted by Crippen LogP contribution is -2.29. The monoisotopic (exact) mass is 478 g/mol. The number of amides is 1. The molecule has 6 heterocycles. The van der Waals surface area contributed by atoms with E-state index in [2.05, 4.69) is 20.4 Å². The van der Waals surface area contributed by atoms with E-state index >= 15 is 0 Å². The predicted octanol–water partition coefficient (Wildman–Crippen LogP) is 5.31. The summed E-state index contributed by atoms with van der Waals surface area (Å²) in [5.74, 6) is 0.270. The van der Waals surface area contributed by atoms with Crippen LogP contribution in [-0.4, -0.2) is 39.2 Å². The number of pyridine rings is 1. The number of fused-ring (bicyclic) bond motifs is 1. The number of hydrogen-bond acceptors (Lipinski definition) is 10. The van der Waals surface area contributed by atoms with Gasteiger partial charge in [-0.1, -0.05) is 22.5 Å². The Balaban J connectivity index is 1.37. The number of hydrogen-bond donors (Lipinski definition) is 1. The average molecular weight is 479 g/mol. The van der Waals surface area contributed by atoms with Gasteiger partial charge < -0.3 is 13.7 Å². The Kier molecular flexibility index (Phi) is 5.11. The first kappa shape index (κ1) is 20.1. The molecule has 0 atom stereocenters. The lowest BCUT2D eigenvalue weighted by Gasteiger charge is -2.25. The van der Waals surface area contributed by atoms with Gasteiger partial charge >= 0.3 is 6.01 Å². The lowest BCUT2D eigenvalue weighted by molar-refractivity contribution is 0.102. The van der Waals surface area contributed by atoms with Crippen LogP contribution in [0.1, 0.15) is 29.6 Å². The Bertz CT molecular complexity index is 1400. The second-order valence-corrected chi connectivity index (χ2v) is 9.50. The van der Waals surface area contributed by atoms with Gasteiger partial charge in [-0.25, -0.2) is 4.98 Å². The highest BCUT2D eigenvalue weighted by atomic mass is 32.1. The summed E-state index contributed by atoms with van der Waals surface area (Å²) in [6, 6.07) is 9.16. The van der Waals surface area contributed by atoms with E-state index < -0.39 is 0 Å². The van der Waals surface area contributed by atoms with Crippen LogP contribution in [0.2, 0.25) is 0 Å². The van der Waals surface area contributed by atoms with Crippen LogP contribution in [0.4, 0.5) is 11.1 Å². The fourth-order valence-corrected chi connectivity index (χ4v) is 5.54. The second-order valence-electron chi connectivity index (χ2n) is 7.57. The molecule has 0 saturated carbocycles. The van der Waals surface area contributed by atoms with E-state index in [-0.39, 0.29) is 17.8 Å². The molecule has 1 saturated heterocycles. The number of furan rings is 1. The van der Waals surface area contributed by atoms with Crippen molar-refractivity contribution in [1.29, 1.82) is 0 Å². The van der Waals surface area contributed by atoms with E-state index in [1.165, 1.54) is 24.0 Å². The summed E-state index contributed by atoms with van der Waals surface area (Å²) in [4.78, 5) is 26.1. The lowest BCUT2D eigenvalue weighted by atomic mass is 10.1. The summed E-state index contributed by atoms with van der Waals surface area (Å²) in [6.07, 6.45) is 5.04. The number of rotatable bonds is 5. The maximum absolute atomic E-state index is 13.3. The molecule has 6 rings (SSSR count). The average Bonchev–Trinajstić information content (AvgIpc) is 3.65. The van der Waals surface area contributed by atoms with Crippen LogP contribution in [0.5, 0.6) is 0 Å². The zero-order valence-electron chi connectivity index (χ0n) is 17.4. The van der Waals surface area contributed by atoms with Crippen molar-refractivity contribution < 1.29 is 13.6 Å². The molecule has 0 aliphatic carbocycles. The van der Waals surface area contributed by atoms with Gasteiger partial charge in [0.15, 0.2) is 16.5 Å². The van der Waals surface area contributed by atoms with Gasteiger partial charge in [-0.15, -0.1) is 16.4 Å². The SMILES string of the molecule is O=C(Nc1nnc(-c2ccco2)o1)c1cc(-c2cccs2)nc2nc(N3CCCCC3)sc12. The molecular formula is C22H18N6O3S2. The number of nitrogens with one attached hydrogen (secondary N) is 1. The van der Waals surface area contributed by atoms with E-state index in [1.54, 1.807) is 29.5 Å². The van der Waals surface area contributed by atoms with Crippen molar-refractivity contribution in [1.82, 2.24) is 20.2 Å². The molecule has 1 aliphatic heterocycles. The number of aromatic nitrogens is 4. The Hall–Kier alpha value is -3.57. The highest BCUT2D eigenvalue weighted by Gasteiger charge is 2.23. The smallest absolute Gasteiger partial charge is 0.322 e. The van der Waals surface area contributed by atoms with E-state index in [0.717, 1.165) is 40.6 Å². The van der Waals surface area contributed by atoms with Crippen molar-refractivity contribution in [2.24, 2.45) is 0 Å². The van der Waals surface area contributed by atoms with Gasteiger partial charge in [0.2, 0.25) is 0 Å². The van der Waals surface area contributed by atoms with Gasteiger partial charge in [0.25, 0.3) is 11.8 Å². The van der Waals surface area contributed by atoms with Crippen molar-refractivity contribution in [3.8, 4) is 22.2 Å². The minimum absolute atomic E-state index is 0.00481. The van der Waals surface area contributed by atoms with Crippen molar-refractivity contribution in [2.75, 3.05) is 23.3 Å². The fraction of sp³-hybridized carbons (Fsp3) is 0.227.